The Morgan fingerprint density at radius 2 is 1.15 bits per heavy atom. The molecule has 1 aliphatic heterocycles. The molecular weight excluding hydrogens is 617 g/mol. The van der Waals surface area contributed by atoms with Gasteiger partial charge in [-0.15, -0.1) is 0 Å². The van der Waals surface area contributed by atoms with Crippen LogP contribution in [-0.4, -0.2) is 24.1 Å². The molecule has 1 aliphatic rings. The van der Waals surface area contributed by atoms with Gasteiger partial charge in [-0.2, -0.15) is 0 Å². The summed E-state index contributed by atoms with van der Waals surface area (Å²) in [4.78, 5) is 9.63. The molecule has 0 amide bonds. The number of anilines is 1. The molecule has 0 unspecified atom stereocenters. The molecule has 8 rings (SSSR count). The number of amidine groups is 1. The minimum Gasteiger partial charge on any atom is -0.309 e. The van der Waals surface area contributed by atoms with E-state index >= 15 is 0 Å². The van der Waals surface area contributed by atoms with Crippen molar-refractivity contribution in [1.29, 1.82) is 0 Å². The first-order chi connectivity index (χ1) is 20.3. The lowest BCUT2D eigenvalue weighted by Gasteiger charge is -2.18. The van der Waals surface area contributed by atoms with Gasteiger partial charge in [-0.05, 0) is 72.8 Å². The Hall–Kier alpha value is -4.82. The van der Waals surface area contributed by atoms with E-state index in [9.17, 15) is 0 Å². The van der Waals surface area contributed by atoms with Crippen molar-refractivity contribution >= 4 is 58.5 Å². The van der Waals surface area contributed by atoms with E-state index in [2.05, 4.69) is 138 Å². The van der Waals surface area contributed by atoms with Gasteiger partial charge in [-0.1, -0.05) is 54.6 Å². The number of hydrogen-bond donors (Lipinski definition) is 0. The lowest BCUT2D eigenvalue weighted by molar-refractivity contribution is 1.07. The molecule has 0 aliphatic carbocycles. The fraction of sp³-hybridized carbons (Fsp3) is 0. The number of halogens is 1. The van der Waals surface area contributed by atoms with Gasteiger partial charge in [0.05, 0.1) is 20.9 Å². The van der Waals surface area contributed by atoms with E-state index in [1.165, 1.54) is 22.0 Å². The number of fused-ring (bicyclic) bond motifs is 3. The summed E-state index contributed by atoms with van der Waals surface area (Å²) in [6.07, 6.45) is 3.89. The minimum absolute atomic E-state index is 0.348. The van der Waals surface area contributed by atoms with Crippen LogP contribution in [0, 0.1) is 0 Å². The summed E-state index contributed by atoms with van der Waals surface area (Å²) in [5, 5.41) is 2.39. The van der Waals surface area contributed by atoms with Gasteiger partial charge in [0, 0.05) is 66.7 Å². The maximum atomic E-state index is 4.87. The van der Waals surface area contributed by atoms with Gasteiger partial charge in [0.2, 0.25) is 0 Å². The van der Waals surface area contributed by atoms with Gasteiger partial charge >= 0.3 is 0 Å². The molecule has 2 aromatic heterocycles. The van der Waals surface area contributed by atoms with Crippen LogP contribution >= 0.6 is 21.0 Å². The highest BCUT2D eigenvalue weighted by atomic mass is 127. The van der Waals surface area contributed by atoms with Crippen molar-refractivity contribution < 1.29 is 0 Å². The van der Waals surface area contributed by atoms with Crippen LogP contribution in [0.1, 0.15) is 5.56 Å². The first kappa shape index (κ1) is 24.0. The van der Waals surface area contributed by atoms with E-state index in [-0.39, 0.29) is 21.0 Å². The van der Waals surface area contributed by atoms with Crippen molar-refractivity contribution in [1.82, 2.24) is 14.1 Å². The molecule has 0 atom stereocenters. The average molecular weight is 642 g/mol. The summed E-state index contributed by atoms with van der Waals surface area (Å²) >= 11 is -0.348. The van der Waals surface area contributed by atoms with Gasteiger partial charge in [0.1, 0.15) is 11.7 Å². The van der Waals surface area contributed by atoms with Crippen molar-refractivity contribution in [2.45, 2.75) is 0 Å². The Labute approximate surface area is 247 Å². The Balaban J connectivity index is 1.33. The third kappa shape index (κ3) is 4.10. The third-order valence-electron chi connectivity index (χ3n) is 7.45. The van der Waals surface area contributed by atoms with E-state index in [0.29, 0.717) is 0 Å². The van der Waals surface area contributed by atoms with Crippen LogP contribution in [0.4, 0.5) is 5.69 Å². The van der Waals surface area contributed by atoms with Crippen molar-refractivity contribution in [2.24, 2.45) is 4.99 Å². The topological polar surface area (TPSA) is 38.4 Å². The zero-order valence-electron chi connectivity index (χ0n) is 22.0. The highest BCUT2D eigenvalue weighted by Crippen LogP contribution is 2.37. The van der Waals surface area contributed by atoms with E-state index in [1.54, 1.807) is 0 Å². The van der Waals surface area contributed by atoms with Gasteiger partial charge in [-0.25, -0.2) is 9.98 Å². The van der Waals surface area contributed by atoms with E-state index < -0.39 is 0 Å². The Kier molecular flexibility index (Phi) is 5.84. The maximum absolute atomic E-state index is 4.87. The van der Waals surface area contributed by atoms with Crippen molar-refractivity contribution in [3.63, 3.8) is 0 Å². The quantitative estimate of drug-likeness (QED) is 0.140. The van der Waals surface area contributed by atoms with Crippen LogP contribution in [-0.2, 0) is 0 Å². The minimum atomic E-state index is -0.348. The van der Waals surface area contributed by atoms with Crippen LogP contribution < -0.4 is 3.11 Å². The normalized spacial score (nSPS) is 13.1. The molecule has 196 valence electrons. The monoisotopic (exact) mass is 641 g/mol. The Morgan fingerprint density at radius 3 is 1.83 bits per heavy atom. The molecule has 0 bridgehead atoms. The van der Waals surface area contributed by atoms with Gasteiger partial charge in [0.15, 0.2) is 0 Å². The maximum Gasteiger partial charge on any atom is 0.149 e. The van der Waals surface area contributed by atoms with Crippen LogP contribution in [0.2, 0.25) is 0 Å². The average Bonchev–Trinajstić information content (AvgIpc) is 3.80. The molecule has 41 heavy (non-hydrogen) atoms. The third-order valence-corrected chi connectivity index (χ3v) is 9.55. The molecule has 0 fully saturated rings. The second-order valence-electron chi connectivity index (χ2n) is 9.86. The summed E-state index contributed by atoms with van der Waals surface area (Å²) in [6.45, 7) is 0. The van der Waals surface area contributed by atoms with E-state index in [1.807, 2.05) is 18.5 Å². The van der Waals surface area contributed by atoms with Gasteiger partial charge < -0.3 is 4.57 Å². The summed E-state index contributed by atoms with van der Waals surface area (Å²) in [7, 11) is 0. The van der Waals surface area contributed by atoms with Gasteiger partial charge in [0.25, 0.3) is 0 Å². The number of hydrogen-bond acceptors (Lipinski definition) is 3. The predicted octanol–water partition coefficient (Wildman–Crippen LogP) is 8.55. The molecule has 0 saturated heterocycles. The second kappa shape index (κ2) is 9.98. The number of benzene rings is 5. The molecule has 3 heterocycles. The van der Waals surface area contributed by atoms with Crippen LogP contribution in [0.15, 0.2) is 145 Å². The second-order valence-corrected chi connectivity index (χ2v) is 11.9. The molecular formula is C35H24IN5. The molecule has 7 aromatic rings. The summed E-state index contributed by atoms with van der Waals surface area (Å²) in [5.41, 5.74) is 7.95. The van der Waals surface area contributed by atoms with Crippen molar-refractivity contribution in [3.8, 4) is 22.8 Å². The largest absolute Gasteiger partial charge is 0.309 e. The molecule has 0 spiro atoms. The highest BCUT2D eigenvalue weighted by molar-refractivity contribution is 14.2. The number of aliphatic imine (C=N–C) groups is 1. The van der Waals surface area contributed by atoms with E-state index in [0.717, 1.165) is 39.7 Å². The number of imidazole rings is 1. The van der Waals surface area contributed by atoms with Crippen LogP contribution in [0.25, 0.3) is 44.6 Å². The molecule has 5 aromatic carbocycles. The lowest BCUT2D eigenvalue weighted by Crippen LogP contribution is -2.19. The number of aromatic nitrogens is 3. The predicted molar refractivity (Wildman–Crippen MR) is 179 cm³/mol. The van der Waals surface area contributed by atoms with Crippen LogP contribution in [0.3, 0.4) is 0 Å². The molecule has 0 N–H and O–H groups in total. The van der Waals surface area contributed by atoms with Crippen molar-refractivity contribution in [3.05, 3.63) is 145 Å². The molecule has 5 nitrogen and oxygen atoms in total. The summed E-state index contributed by atoms with van der Waals surface area (Å²) < 4.78 is 8.97. The van der Waals surface area contributed by atoms with Crippen molar-refractivity contribution in [2.75, 3.05) is 3.11 Å². The smallest absolute Gasteiger partial charge is 0.149 e. The molecule has 6 heteroatoms. The Morgan fingerprint density at radius 1 is 0.561 bits per heavy atom. The number of para-hydroxylation sites is 3. The summed E-state index contributed by atoms with van der Waals surface area (Å²) in [6, 6.07) is 45.0. The standard InChI is InChI=1S/C35H24IN5/c1-4-10-27(11-5-1)39-21-20-37-34(39)25-16-18-32-30(22-25)31-23-26(17-19-33(31)40(32)28-12-6-2-7-13-28)35-38-24-36-41(35)29-14-8-3-9-15-29/h1-24H. The molecule has 0 saturated carbocycles. The summed E-state index contributed by atoms with van der Waals surface area (Å²) in [5.74, 6) is 1.94. The zero-order valence-corrected chi connectivity index (χ0v) is 24.1. The first-order valence-corrected chi connectivity index (χ1v) is 15.7. The first-order valence-electron chi connectivity index (χ1n) is 13.5. The fourth-order valence-electron chi connectivity index (χ4n) is 5.60. The Bertz CT molecular complexity index is 2090. The van der Waals surface area contributed by atoms with Gasteiger partial charge in [-0.3, -0.25) is 7.68 Å². The highest BCUT2D eigenvalue weighted by Gasteiger charge is 2.21. The molecule has 0 radical (unpaired) electrons. The van der Waals surface area contributed by atoms with Crippen LogP contribution in [0.5, 0.6) is 0 Å². The fourth-order valence-corrected chi connectivity index (χ4v) is 7.55. The lowest BCUT2D eigenvalue weighted by atomic mass is 10.1. The van der Waals surface area contributed by atoms with E-state index in [4.69, 9.17) is 9.98 Å². The number of rotatable bonds is 5. The zero-order chi connectivity index (χ0) is 27.2. The number of nitrogens with zero attached hydrogens (tertiary/aromatic N) is 5. The SMILES string of the molecule is C1=IN(c2ccccc2)C(c2ccc3c(c2)c2cc(-c4nccn4-c4ccccc4)ccc2n3-c2ccccc2)=N1.